The molecule has 0 atom stereocenters. The number of ketones is 1. The minimum atomic E-state index is -0.375. The quantitative estimate of drug-likeness (QED) is 0.757. The number of urea groups is 1. The predicted octanol–water partition coefficient (Wildman–Crippen LogP) is 1.24. The number of amides is 3. The molecular formula is C17H24N4O3. The van der Waals surface area contributed by atoms with Gasteiger partial charge >= 0.3 is 6.03 Å². The first-order chi connectivity index (χ1) is 11.5. The molecule has 24 heavy (non-hydrogen) atoms. The fourth-order valence-corrected chi connectivity index (χ4v) is 2.55. The van der Waals surface area contributed by atoms with Crippen LogP contribution in [0.5, 0.6) is 0 Å². The Morgan fingerprint density at radius 3 is 2.79 bits per heavy atom. The average molecular weight is 332 g/mol. The minimum Gasteiger partial charge on any atom is -0.384 e. The number of hydrogen-bond acceptors (Lipinski definition) is 4. The predicted molar refractivity (Wildman–Crippen MR) is 91.6 cm³/mol. The number of anilines is 1. The number of carbonyl (C=O) groups excluding carboxylic acids is 3. The van der Waals surface area contributed by atoms with E-state index in [0.717, 1.165) is 16.8 Å². The summed E-state index contributed by atoms with van der Waals surface area (Å²) in [6.07, 6.45) is 0.493. The second-order valence-corrected chi connectivity index (χ2v) is 5.81. The maximum atomic E-state index is 12.0. The Labute approximate surface area is 141 Å². The third-order valence-corrected chi connectivity index (χ3v) is 3.87. The number of carbonyl (C=O) groups is 3. The Hall–Kier alpha value is -2.57. The van der Waals surface area contributed by atoms with E-state index in [1.807, 2.05) is 30.0 Å². The zero-order chi connectivity index (χ0) is 17.5. The van der Waals surface area contributed by atoms with Crippen LogP contribution in [0.15, 0.2) is 18.2 Å². The van der Waals surface area contributed by atoms with Crippen molar-refractivity contribution in [3.8, 4) is 0 Å². The van der Waals surface area contributed by atoms with Crippen LogP contribution in [0.25, 0.3) is 0 Å². The van der Waals surface area contributed by atoms with E-state index in [9.17, 15) is 14.4 Å². The summed E-state index contributed by atoms with van der Waals surface area (Å²) in [4.78, 5) is 36.3. The van der Waals surface area contributed by atoms with Crippen molar-refractivity contribution in [2.24, 2.45) is 0 Å². The van der Waals surface area contributed by atoms with Crippen molar-refractivity contribution < 1.29 is 14.4 Å². The molecule has 0 spiro atoms. The zero-order valence-electron chi connectivity index (χ0n) is 14.1. The van der Waals surface area contributed by atoms with Crippen LogP contribution in [0.3, 0.4) is 0 Å². The van der Waals surface area contributed by atoms with Crippen LogP contribution in [0.2, 0.25) is 0 Å². The molecule has 0 saturated heterocycles. The molecular weight excluding hydrogens is 308 g/mol. The van der Waals surface area contributed by atoms with E-state index in [4.69, 9.17) is 0 Å². The number of Topliss-reactive ketones (excluding diaryl/α,β-unsaturated/α-hetero) is 1. The van der Waals surface area contributed by atoms with Crippen molar-refractivity contribution in [3.05, 3.63) is 29.3 Å². The molecule has 3 N–H and O–H groups in total. The van der Waals surface area contributed by atoms with Gasteiger partial charge in [0.25, 0.3) is 0 Å². The van der Waals surface area contributed by atoms with E-state index in [1.54, 1.807) is 0 Å². The van der Waals surface area contributed by atoms with Crippen molar-refractivity contribution in [2.75, 3.05) is 25.0 Å². The van der Waals surface area contributed by atoms with Gasteiger partial charge in [-0.25, -0.2) is 4.79 Å². The molecule has 1 aliphatic rings. The Bertz CT molecular complexity index is 630. The van der Waals surface area contributed by atoms with Crippen LogP contribution in [0.1, 0.15) is 31.4 Å². The van der Waals surface area contributed by atoms with Crippen LogP contribution in [-0.2, 0) is 22.7 Å². The van der Waals surface area contributed by atoms with Gasteiger partial charge in [-0.15, -0.1) is 0 Å². The average Bonchev–Trinajstić information content (AvgIpc) is 2.55. The topological polar surface area (TPSA) is 90.5 Å². The van der Waals surface area contributed by atoms with Crippen molar-refractivity contribution in [1.29, 1.82) is 0 Å². The fraction of sp³-hybridized carbons (Fsp3) is 0.471. The Morgan fingerprint density at radius 2 is 2.08 bits per heavy atom. The molecule has 0 aromatic heterocycles. The van der Waals surface area contributed by atoms with Crippen LogP contribution >= 0.6 is 0 Å². The normalized spacial score (nSPS) is 14.1. The van der Waals surface area contributed by atoms with Crippen molar-refractivity contribution >= 4 is 23.4 Å². The molecule has 0 bridgehead atoms. The third-order valence-electron chi connectivity index (χ3n) is 3.87. The molecule has 0 radical (unpaired) electrons. The summed E-state index contributed by atoms with van der Waals surface area (Å²) in [7, 11) is 0. The third kappa shape index (κ3) is 4.97. The highest BCUT2D eigenvalue weighted by molar-refractivity contribution is 5.83. The van der Waals surface area contributed by atoms with Gasteiger partial charge in [-0.05, 0) is 31.0 Å². The highest BCUT2D eigenvalue weighted by atomic mass is 16.2. The lowest BCUT2D eigenvalue weighted by atomic mass is 10.1. The van der Waals surface area contributed by atoms with Crippen LogP contribution in [0, 0.1) is 0 Å². The monoisotopic (exact) mass is 332 g/mol. The minimum absolute atomic E-state index is 0.0213. The molecule has 130 valence electrons. The molecule has 0 unspecified atom stereocenters. The molecule has 1 aliphatic heterocycles. The molecule has 2 rings (SSSR count). The summed E-state index contributed by atoms with van der Waals surface area (Å²) in [5, 5.41) is 8.49. The summed E-state index contributed by atoms with van der Waals surface area (Å²) < 4.78 is 0. The van der Waals surface area contributed by atoms with Gasteiger partial charge in [-0.3, -0.25) is 9.59 Å². The summed E-state index contributed by atoms with van der Waals surface area (Å²) in [5.41, 5.74) is 3.00. The van der Waals surface area contributed by atoms with Gasteiger partial charge < -0.3 is 20.9 Å². The fourth-order valence-electron chi connectivity index (χ4n) is 2.55. The number of benzene rings is 1. The first-order valence-electron chi connectivity index (χ1n) is 8.14. The Kier molecular flexibility index (Phi) is 6.17. The molecule has 1 aromatic carbocycles. The van der Waals surface area contributed by atoms with Gasteiger partial charge in [0.1, 0.15) is 5.78 Å². The largest absolute Gasteiger partial charge is 0.384 e. The summed E-state index contributed by atoms with van der Waals surface area (Å²) >= 11 is 0. The molecule has 0 aliphatic carbocycles. The standard InChI is InChI=1S/C17H24N4O3/c1-3-21-11-14-8-13(10-20-17(24)19-9-12(2)22)4-5-15(14)18-7-6-16(21)23/h4-5,8,18H,3,6-7,9-11H2,1-2H3,(H2,19,20,24). The highest BCUT2D eigenvalue weighted by Gasteiger charge is 2.17. The lowest BCUT2D eigenvalue weighted by Crippen LogP contribution is -2.37. The maximum absolute atomic E-state index is 12.0. The van der Waals surface area contributed by atoms with Crippen LogP contribution in [-0.4, -0.2) is 42.3 Å². The number of nitrogens with one attached hydrogen (secondary N) is 3. The molecule has 0 saturated carbocycles. The molecule has 1 aromatic rings. The van der Waals surface area contributed by atoms with Gasteiger partial charge in [-0.2, -0.15) is 0 Å². The first kappa shape index (κ1) is 17.8. The van der Waals surface area contributed by atoms with E-state index >= 15 is 0 Å². The van der Waals surface area contributed by atoms with Crippen molar-refractivity contribution in [1.82, 2.24) is 15.5 Å². The smallest absolute Gasteiger partial charge is 0.315 e. The van der Waals surface area contributed by atoms with Crippen molar-refractivity contribution in [3.63, 3.8) is 0 Å². The highest BCUT2D eigenvalue weighted by Crippen LogP contribution is 2.22. The number of hydrogen-bond donors (Lipinski definition) is 3. The van der Waals surface area contributed by atoms with Gasteiger partial charge in [-0.1, -0.05) is 12.1 Å². The van der Waals surface area contributed by atoms with Gasteiger partial charge in [0.05, 0.1) is 6.54 Å². The SMILES string of the molecule is CCN1Cc2cc(CNC(=O)NCC(C)=O)ccc2NCCC1=O. The number of nitrogens with zero attached hydrogens (tertiary/aromatic N) is 1. The van der Waals surface area contributed by atoms with E-state index in [1.165, 1.54) is 6.92 Å². The summed E-state index contributed by atoms with van der Waals surface area (Å²) in [5.74, 6) is 0.0458. The Balaban J connectivity index is 2.02. The molecule has 7 nitrogen and oxygen atoms in total. The number of rotatable bonds is 5. The summed E-state index contributed by atoms with van der Waals surface area (Å²) in [6, 6.07) is 5.54. The second kappa shape index (κ2) is 8.33. The second-order valence-electron chi connectivity index (χ2n) is 5.81. The van der Waals surface area contributed by atoms with Crippen LogP contribution in [0.4, 0.5) is 10.5 Å². The zero-order valence-corrected chi connectivity index (χ0v) is 14.1. The van der Waals surface area contributed by atoms with E-state index in [2.05, 4.69) is 16.0 Å². The van der Waals surface area contributed by atoms with Crippen LogP contribution < -0.4 is 16.0 Å². The van der Waals surface area contributed by atoms with Gasteiger partial charge in [0, 0.05) is 38.3 Å². The van der Waals surface area contributed by atoms with Crippen molar-refractivity contribution in [2.45, 2.75) is 33.4 Å². The number of fused-ring (bicyclic) bond motifs is 1. The maximum Gasteiger partial charge on any atom is 0.315 e. The van der Waals surface area contributed by atoms with E-state index < -0.39 is 0 Å². The molecule has 1 heterocycles. The summed E-state index contributed by atoms with van der Waals surface area (Å²) in [6.45, 7) is 5.62. The molecule has 7 heteroatoms. The van der Waals surface area contributed by atoms with E-state index in [-0.39, 0.29) is 24.3 Å². The van der Waals surface area contributed by atoms with Gasteiger partial charge in [0.15, 0.2) is 0 Å². The molecule has 0 fully saturated rings. The Morgan fingerprint density at radius 1 is 1.29 bits per heavy atom. The molecule has 3 amide bonds. The van der Waals surface area contributed by atoms with E-state index in [0.29, 0.717) is 32.6 Å². The lowest BCUT2D eigenvalue weighted by Gasteiger charge is -2.26. The van der Waals surface area contributed by atoms with Gasteiger partial charge in [0.2, 0.25) is 5.91 Å². The lowest BCUT2D eigenvalue weighted by molar-refractivity contribution is -0.131. The first-order valence-corrected chi connectivity index (χ1v) is 8.14.